The Labute approximate surface area is 203 Å². The molecule has 0 atom stereocenters. The quantitative estimate of drug-likeness (QED) is 0.278. The van der Waals surface area contributed by atoms with Gasteiger partial charge in [-0.15, -0.1) is 12.4 Å². The van der Waals surface area contributed by atoms with Crippen molar-refractivity contribution in [2.45, 2.75) is 27.2 Å². The molecule has 0 saturated carbocycles. The van der Waals surface area contributed by atoms with Gasteiger partial charge in [-0.3, -0.25) is 19.8 Å². The average Bonchev–Trinajstić information content (AvgIpc) is 3.20. The van der Waals surface area contributed by atoms with E-state index in [9.17, 15) is 14.9 Å². The number of thiazole rings is 1. The van der Waals surface area contributed by atoms with Crippen LogP contribution in [0.1, 0.15) is 26.3 Å². The Hall–Kier alpha value is -2.75. The summed E-state index contributed by atoms with van der Waals surface area (Å²) in [7, 11) is 0. The second-order valence-corrected chi connectivity index (χ2v) is 8.24. The third-order valence-electron chi connectivity index (χ3n) is 5.23. The second-order valence-electron chi connectivity index (χ2n) is 7.23. The van der Waals surface area contributed by atoms with Crippen molar-refractivity contribution in [2.75, 3.05) is 37.7 Å². The molecule has 0 aliphatic heterocycles. The highest BCUT2D eigenvalue weighted by Gasteiger charge is 2.21. The zero-order chi connectivity index (χ0) is 23.1. The number of ether oxygens (including phenoxy) is 1. The molecule has 2 aromatic carbocycles. The number of fused-ring (bicyclic) bond motifs is 1. The number of non-ortho nitro benzene ring substituents is 1. The molecule has 1 amide bonds. The third kappa shape index (κ3) is 6.86. The number of nitrogens with zero attached hydrogens (tertiary/aromatic N) is 4. The van der Waals surface area contributed by atoms with E-state index < -0.39 is 4.92 Å². The largest absolute Gasteiger partial charge is 0.494 e. The molecular weight excluding hydrogens is 464 g/mol. The highest BCUT2D eigenvalue weighted by atomic mass is 35.5. The van der Waals surface area contributed by atoms with Crippen LogP contribution < -0.4 is 9.64 Å². The van der Waals surface area contributed by atoms with Gasteiger partial charge < -0.3 is 9.64 Å². The van der Waals surface area contributed by atoms with Gasteiger partial charge in [-0.2, -0.15) is 0 Å². The normalized spacial score (nSPS) is 10.8. The minimum atomic E-state index is -0.445. The van der Waals surface area contributed by atoms with Gasteiger partial charge in [0.15, 0.2) is 5.13 Å². The number of hydrogen-bond donors (Lipinski definition) is 0. The molecule has 1 heterocycles. The molecule has 178 valence electrons. The Morgan fingerprint density at radius 2 is 1.79 bits per heavy atom. The van der Waals surface area contributed by atoms with Gasteiger partial charge >= 0.3 is 0 Å². The zero-order valence-corrected chi connectivity index (χ0v) is 20.7. The van der Waals surface area contributed by atoms with Crippen molar-refractivity contribution in [2.24, 2.45) is 0 Å². The molecule has 0 saturated heterocycles. The maximum Gasteiger partial charge on any atom is 0.269 e. The summed E-state index contributed by atoms with van der Waals surface area (Å²) in [6, 6.07) is 11.9. The standard InChI is InChI=1S/C23H28N4O4S.ClH/c1-4-25(5-2)13-14-26(22(28)15-17-7-9-18(10-8-17)27(29)30)23-24-20-12-11-19(31-6-3)16-21(20)32-23;/h7-12,16H,4-6,13-15H2,1-3H3;1H. The van der Waals surface area contributed by atoms with Gasteiger partial charge in [-0.25, -0.2) is 4.98 Å². The lowest BCUT2D eigenvalue weighted by Crippen LogP contribution is -2.39. The SMILES string of the molecule is CCOc1ccc2nc(N(CCN(CC)CC)C(=O)Cc3ccc([N+](=O)[O-])cc3)sc2c1.Cl. The van der Waals surface area contributed by atoms with E-state index in [1.807, 2.05) is 25.1 Å². The van der Waals surface area contributed by atoms with E-state index in [0.29, 0.717) is 18.3 Å². The number of benzene rings is 2. The Morgan fingerprint density at radius 1 is 1.09 bits per heavy atom. The molecule has 3 aromatic rings. The summed E-state index contributed by atoms with van der Waals surface area (Å²) in [5.41, 5.74) is 1.56. The summed E-state index contributed by atoms with van der Waals surface area (Å²) in [5, 5.41) is 11.5. The topological polar surface area (TPSA) is 88.8 Å². The van der Waals surface area contributed by atoms with Crippen LogP contribution >= 0.6 is 23.7 Å². The fourth-order valence-corrected chi connectivity index (χ4v) is 4.42. The molecule has 0 spiro atoms. The first-order valence-corrected chi connectivity index (χ1v) is 11.6. The number of rotatable bonds is 11. The van der Waals surface area contributed by atoms with Crippen molar-refractivity contribution >= 4 is 50.7 Å². The average molecular weight is 493 g/mol. The van der Waals surface area contributed by atoms with E-state index in [1.165, 1.54) is 23.5 Å². The first kappa shape index (κ1) is 26.5. The van der Waals surface area contributed by atoms with Crippen molar-refractivity contribution in [3.8, 4) is 5.75 Å². The molecule has 0 unspecified atom stereocenters. The Bertz CT molecular complexity index is 1070. The van der Waals surface area contributed by atoms with Crippen molar-refractivity contribution in [1.82, 2.24) is 9.88 Å². The molecule has 0 aliphatic carbocycles. The highest BCUT2D eigenvalue weighted by Crippen LogP contribution is 2.32. The summed E-state index contributed by atoms with van der Waals surface area (Å²) < 4.78 is 6.55. The van der Waals surface area contributed by atoms with E-state index in [0.717, 1.165) is 41.2 Å². The molecule has 0 N–H and O–H groups in total. The number of amides is 1. The lowest BCUT2D eigenvalue weighted by atomic mass is 10.1. The Balaban J connectivity index is 0.00000385. The van der Waals surface area contributed by atoms with Gasteiger partial charge in [0.2, 0.25) is 5.91 Å². The second kappa shape index (κ2) is 12.5. The fourth-order valence-electron chi connectivity index (χ4n) is 3.38. The number of carbonyl (C=O) groups excluding carboxylic acids is 1. The van der Waals surface area contributed by atoms with Gasteiger partial charge in [0.1, 0.15) is 5.75 Å². The Kier molecular flexibility index (Phi) is 10.0. The summed E-state index contributed by atoms with van der Waals surface area (Å²) in [4.78, 5) is 32.4. The lowest BCUT2D eigenvalue weighted by molar-refractivity contribution is -0.384. The van der Waals surface area contributed by atoms with Crippen molar-refractivity contribution in [3.63, 3.8) is 0 Å². The fraction of sp³-hybridized carbons (Fsp3) is 0.391. The van der Waals surface area contributed by atoms with Crippen LogP contribution in [-0.4, -0.2) is 53.5 Å². The van der Waals surface area contributed by atoms with Crippen molar-refractivity contribution in [1.29, 1.82) is 0 Å². The van der Waals surface area contributed by atoms with Crippen LogP contribution in [0.25, 0.3) is 10.2 Å². The van der Waals surface area contributed by atoms with E-state index in [2.05, 4.69) is 18.7 Å². The number of halogens is 1. The predicted octanol–water partition coefficient (Wildman–Crippen LogP) is 4.94. The third-order valence-corrected chi connectivity index (χ3v) is 6.27. The van der Waals surface area contributed by atoms with Crippen LogP contribution in [0.15, 0.2) is 42.5 Å². The molecular formula is C23H29ClN4O4S. The van der Waals surface area contributed by atoms with Gasteiger partial charge in [-0.1, -0.05) is 37.3 Å². The summed E-state index contributed by atoms with van der Waals surface area (Å²) in [6.07, 6.45) is 0.149. The van der Waals surface area contributed by atoms with E-state index in [4.69, 9.17) is 9.72 Å². The molecule has 0 aliphatic rings. The van der Waals surface area contributed by atoms with Crippen LogP contribution in [0.3, 0.4) is 0 Å². The lowest BCUT2D eigenvalue weighted by Gasteiger charge is -2.24. The summed E-state index contributed by atoms with van der Waals surface area (Å²) >= 11 is 1.46. The first-order chi connectivity index (χ1) is 15.4. The van der Waals surface area contributed by atoms with Crippen molar-refractivity contribution in [3.05, 3.63) is 58.1 Å². The van der Waals surface area contributed by atoms with Crippen LogP contribution in [0.5, 0.6) is 5.75 Å². The van der Waals surface area contributed by atoms with Gasteiger partial charge in [-0.05, 0) is 43.8 Å². The molecule has 0 radical (unpaired) electrons. The molecule has 3 rings (SSSR count). The molecule has 0 fully saturated rings. The van der Waals surface area contributed by atoms with Crippen LogP contribution in [-0.2, 0) is 11.2 Å². The Morgan fingerprint density at radius 3 is 2.39 bits per heavy atom. The number of nitro benzene ring substituents is 1. The summed E-state index contributed by atoms with van der Waals surface area (Å²) in [5.74, 6) is 0.692. The number of aromatic nitrogens is 1. The van der Waals surface area contributed by atoms with Gasteiger partial charge in [0, 0.05) is 25.2 Å². The van der Waals surface area contributed by atoms with E-state index in [-0.39, 0.29) is 30.4 Å². The molecule has 0 bridgehead atoms. The number of anilines is 1. The van der Waals surface area contributed by atoms with E-state index >= 15 is 0 Å². The van der Waals surface area contributed by atoms with Crippen molar-refractivity contribution < 1.29 is 14.5 Å². The van der Waals surface area contributed by atoms with E-state index in [1.54, 1.807) is 17.0 Å². The van der Waals surface area contributed by atoms with Crippen LogP contribution in [0.4, 0.5) is 10.8 Å². The monoisotopic (exact) mass is 492 g/mol. The first-order valence-electron chi connectivity index (χ1n) is 10.7. The van der Waals surface area contributed by atoms with Crippen LogP contribution in [0.2, 0.25) is 0 Å². The molecule has 10 heteroatoms. The zero-order valence-electron chi connectivity index (χ0n) is 19.0. The highest BCUT2D eigenvalue weighted by molar-refractivity contribution is 7.22. The van der Waals surface area contributed by atoms with Gasteiger partial charge in [0.25, 0.3) is 5.69 Å². The number of likely N-dealkylation sites (N-methyl/N-ethyl adjacent to an activating group) is 1. The number of carbonyl (C=O) groups is 1. The maximum atomic E-state index is 13.3. The minimum absolute atomic E-state index is 0. The predicted molar refractivity (Wildman–Crippen MR) is 135 cm³/mol. The smallest absolute Gasteiger partial charge is 0.269 e. The summed E-state index contributed by atoms with van der Waals surface area (Å²) in [6.45, 7) is 9.77. The number of nitro groups is 1. The molecule has 1 aromatic heterocycles. The van der Waals surface area contributed by atoms with Crippen LogP contribution in [0, 0.1) is 10.1 Å². The van der Waals surface area contributed by atoms with Gasteiger partial charge in [0.05, 0.1) is 28.2 Å². The molecule has 33 heavy (non-hydrogen) atoms. The minimum Gasteiger partial charge on any atom is -0.494 e. The maximum absolute atomic E-state index is 13.3. The number of hydrogen-bond acceptors (Lipinski definition) is 7. The molecule has 8 nitrogen and oxygen atoms in total.